The van der Waals surface area contributed by atoms with E-state index >= 15 is 0 Å². The molecule has 42 valence electrons. The molecule has 0 saturated carbocycles. The van der Waals surface area contributed by atoms with E-state index in [1.165, 1.54) is 6.92 Å². The van der Waals surface area contributed by atoms with Crippen LogP contribution in [0, 0.1) is 12.3 Å². The average Bonchev–Trinajstić information content (AvgIpc) is 1.73. The third kappa shape index (κ3) is 31.4. The van der Waals surface area contributed by atoms with E-state index in [0.29, 0.717) is 7.18 Å². The van der Waals surface area contributed by atoms with Gasteiger partial charge in [-0.15, -0.1) is 6.42 Å². The molecule has 0 aromatic carbocycles. The van der Waals surface area contributed by atoms with E-state index in [-0.39, 0.29) is 0 Å². The van der Waals surface area contributed by atoms with Crippen LogP contribution in [0.3, 0.4) is 0 Å². The molecule has 0 nitrogen and oxygen atoms in total. The lowest BCUT2D eigenvalue weighted by atomic mass is 10.5. The minimum Gasteiger partial charge on any atom is -0.255 e. The smallest absolute Gasteiger partial charge is 0.157 e. The Labute approximate surface area is 42.5 Å². The van der Waals surface area contributed by atoms with Crippen LogP contribution in [0.1, 0.15) is 6.92 Å². The van der Waals surface area contributed by atoms with Gasteiger partial charge < -0.3 is 0 Å². The van der Waals surface area contributed by atoms with E-state index in [1.54, 1.807) is 0 Å². The summed E-state index contributed by atoms with van der Waals surface area (Å²) in [4.78, 5) is 0. The number of halogens is 2. The predicted octanol–water partition coefficient (Wildman–Crippen LogP) is 1.56. The van der Waals surface area contributed by atoms with Crippen LogP contribution in [0.4, 0.5) is 8.78 Å². The first kappa shape index (κ1) is 9.65. The van der Waals surface area contributed by atoms with E-state index in [9.17, 15) is 8.78 Å². The van der Waals surface area contributed by atoms with E-state index in [0.717, 1.165) is 0 Å². The monoisotopic (exact) mass is 106 g/mol. The van der Waals surface area contributed by atoms with E-state index in [2.05, 4.69) is 6.42 Å². The van der Waals surface area contributed by atoms with Gasteiger partial charge in [0.2, 0.25) is 0 Å². The van der Waals surface area contributed by atoms with Crippen LogP contribution < -0.4 is 0 Å². The van der Waals surface area contributed by atoms with Gasteiger partial charge in [-0.2, -0.15) is 0 Å². The Bertz CT molecular complexity index is 51.6. The number of alkyl halides is 2. The normalized spacial score (nSPS) is 10.1. The topological polar surface area (TPSA) is 0 Å². The molecule has 0 aliphatic carbocycles. The van der Waals surface area contributed by atoms with Crippen LogP contribution in [0.15, 0.2) is 0 Å². The first-order valence-corrected chi connectivity index (χ1v) is 1.75. The Hall–Kier alpha value is -0.580. The Morgan fingerprint density at radius 2 is 1.71 bits per heavy atom. The molecule has 0 N–H and O–H groups in total. The molecule has 0 saturated heterocycles. The lowest BCUT2D eigenvalue weighted by Crippen LogP contribution is -1.79. The van der Waals surface area contributed by atoms with Crippen LogP contribution in [0.5, 0.6) is 0 Å². The van der Waals surface area contributed by atoms with Gasteiger partial charge in [0, 0.05) is 0 Å². The Balaban J connectivity index is 0. The summed E-state index contributed by atoms with van der Waals surface area (Å²) in [5, 5.41) is 0. The maximum atomic E-state index is 11.2. The molecule has 0 bridgehead atoms. The standard InChI is InChI=1S/C4H5F.CH3F/c1-3-4(2)5;1-2/h1,4H,2H3;1H3. The molecular weight excluding hydrogens is 98.1 g/mol. The maximum absolute atomic E-state index is 11.2. The molecule has 2 heteroatoms. The Morgan fingerprint density at radius 3 is 1.71 bits per heavy atom. The largest absolute Gasteiger partial charge is 0.255 e. The van der Waals surface area contributed by atoms with E-state index < -0.39 is 6.17 Å². The molecule has 0 aliphatic rings. The summed E-state index contributed by atoms with van der Waals surface area (Å²) < 4.78 is 20.7. The van der Waals surface area contributed by atoms with Gasteiger partial charge in [0.05, 0.1) is 7.18 Å². The first-order valence-electron chi connectivity index (χ1n) is 1.75. The van der Waals surface area contributed by atoms with Gasteiger partial charge in [-0.3, -0.25) is 4.39 Å². The third-order valence-corrected chi connectivity index (χ3v) is 0.230. The molecule has 0 aliphatic heterocycles. The van der Waals surface area contributed by atoms with Crippen molar-refractivity contribution in [3.05, 3.63) is 0 Å². The molecule has 0 aromatic rings. The van der Waals surface area contributed by atoms with Crippen molar-refractivity contribution in [1.82, 2.24) is 0 Å². The zero-order chi connectivity index (χ0) is 6.28. The molecule has 0 spiro atoms. The average molecular weight is 106 g/mol. The van der Waals surface area contributed by atoms with Gasteiger partial charge in [0.25, 0.3) is 0 Å². The quantitative estimate of drug-likeness (QED) is 0.411. The molecule has 0 radical (unpaired) electrons. The highest BCUT2D eigenvalue weighted by Crippen LogP contribution is 1.78. The highest BCUT2D eigenvalue weighted by molar-refractivity contribution is 4.90. The predicted molar refractivity (Wildman–Crippen MR) is 26.4 cm³/mol. The molecule has 1 atom stereocenters. The molecule has 0 fully saturated rings. The molecule has 0 rings (SSSR count). The van der Waals surface area contributed by atoms with E-state index in [1.807, 2.05) is 5.92 Å². The third-order valence-electron chi connectivity index (χ3n) is 0.230. The summed E-state index contributed by atoms with van der Waals surface area (Å²) in [7, 11) is 0.500. The van der Waals surface area contributed by atoms with Crippen molar-refractivity contribution < 1.29 is 8.78 Å². The summed E-state index contributed by atoms with van der Waals surface area (Å²) in [6.07, 6.45) is 3.46. The fourth-order valence-electron chi connectivity index (χ4n) is 0. The fraction of sp³-hybridized carbons (Fsp3) is 0.600. The molecule has 0 heterocycles. The van der Waals surface area contributed by atoms with Crippen molar-refractivity contribution in [3.63, 3.8) is 0 Å². The van der Waals surface area contributed by atoms with Crippen LogP contribution in [-0.4, -0.2) is 13.3 Å². The van der Waals surface area contributed by atoms with Crippen molar-refractivity contribution in [2.45, 2.75) is 13.1 Å². The zero-order valence-electron chi connectivity index (χ0n) is 4.41. The van der Waals surface area contributed by atoms with Gasteiger partial charge in [0.15, 0.2) is 6.17 Å². The van der Waals surface area contributed by atoms with E-state index in [4.69, 9.17) is 0 Å². The van der Waals surface area contributed by atoms with Crippen LogP contribution in [-0.2, 0) is 0 Å². The van der Waals surface area contributed by atoms with Crippen molar-refractivity contribution in [3.8, 4) is 12.3 Å². The lowest BCUT2D eigenvalue weighted by molar-refractivity contribution is 0.444. The van der Waals surface area contributed by atoms with Gasteiger partial charge in [-0.25, -0.2) is 4.39 Å². The highest BCUT2D eigenvalue weighted by Gasteiger charge is 1.79. The van der Waals surface area contributed by atoms with Gasteiger partial charge >= 0.3 is 0 Å². The fourth-order valence-corrected chi connectivity index (χ4v) is 0. The number of hydrogen-bond donors (Lipinski definition) is 0. The molecule has 0 amide bonds. The van der Waals surface area contributed by atoms with Crippen molar-refractivity contribution >= 4 is 0 Å². The first-order chi connectivity index (χ1) is 3.27. The summed E-state index contributed by atoms with van der Waals surface area (Å²) in [6.45, 7) is 1.32. The minimum absolute atomic E-state index is 0.500. The molecule has 0 aromatic heterocycles. The second kappa shape index (κ2) is 9.05. The SMILES string of the molecule is C#CC(C)F.CF. The van der Waals surface area contributed by atoms with Gasteiger partial charge in [0.1, 0.15) is 0 Å². The number of hydrogen-bond acceptors (Lipinski definition) is 0. The van der Waals surface area contributed by atoms with Crippen LogP contribution in [0.2, 0.25) is 0 Å². The Morgan fingerprint density at radius 1 is 1.57 bits per heavy atom. The summed E-state index contributed by atoms with van der Waals surface area (Å²) >= 11 is 0. The summed E-state index contributed by atoms with van der Waals surface area (Å²) in [6, 6.07) is 0. The zero-order valence-corrected chi connectivity index (χ0v) is 4.41. The van der Waals surface area contributed by atoms with Crippen molar-refractivity contribution in [2.24, 2.45) is 0 Å². The lowest BCUT2D eigenvalue weighted by Gasteiger charge is -1.75. The maximum Gasteiger partial charge on any atom is 0.157 e. The Kier molecular flexibility index (Phi) is 12.5. The van der Waals surface area contributed by atoms with Crippen LogP contribution >= 0.6 is 0 Å². The van der Waals surface area contributed by atoms with Crippen LogP contribution in [0.25, 0.3) is 0 Å². The minimum atomic E-state index is -1.09. The number of rotatable bonds is 0. The summed E-state index contributed by atoms with van der Waals surface area (Å²) in [5.74, 6) is 1.86. The van der Waals surface area contributed by atoms with Gasteiger partial charge in [-0.1, -0.05) is 5.92 Å². The number of terminal acetylenes is 1. The highest BCUT2D eigenvalue weighted by atomic mass is 19.1. The molecular formula is C5H8F2. The molecule has 1 unspecified atom stereocenters. The summed E-state index contributed by atoms with van der Waals surface area (Å²) in [5.41, 5.74) is 0. The van der Waals surface area contributed by atoms with Gasteiger partial charge in [-0.05, 0) is 6.92 Å². The van der Waals surface area contributed by atoms with Crippen molar-refractivity contribution in [2.75, 3.05) is 7.18 Å². The second-order valence-electron chi connectivity index (χ2n) is 0.783. The second-order valence-corrected chi connectivity index (χ2v) is 0.783. The van der Waals surface area contributed by atoms with Crippen molar-refractivity contribution in [1.29, 1.82) is 0 Å². The molecule has 7 heavy (non-hydrogen) atoms.